The minimum atomic E-state index is -2.06. The number of halogens is 2. The van der Waals surface area contributed by atoms with Crippen molar-refractivity contribution < 1.29 is 18.3 Å². The predicted octanol–water partition coefficient (Wildman–Crippen LogP) is -0.850. The topological polar surface area (TPSA) is 32.8 Å². The third kappa shape index (κ3) is 4.89. The van der Waals surface area contributed by atoms with Crippen molar-refractivity contribution in [1.82, 2.24) is 9.80 Å². The fourth-order valence-corrected chi connectivity index (χ4v) is 4.30. The van der Waals surface area contributed by atoms with E-state index < -0.39 is 45.0 Å². The molecule has 2 aliphatic rings. The van der Waals surface area contributed by atoms with E-state index in [1.54, 1.807) is 11.8 Å². The molecule has 0 aliphatic carbocycles. The zero-order valence-electron chi connectivity index (χ0n) is 18.1. The van der Waals surface area contributed by atoms with E-state index in [1.165, 1.54) is 0 Å². The number of hydrogen-bond donors (Lipinski definition) is 0. The molecule has 13 heteroatoms. The molecule has 1 atom stereocenters. The SMILES string of the molecule is [B]C([B])(Cc1cc(F)ccc1F)N1CCC2(CC1)CN(C([B])([B])C([B])([B])[B])C(=O)[C@@H](C)O2. The summed E-state index contributed by atoms with van der Waals surface area (Å²) < 4.78 is 33.6. The maximum Gasteiger partial charge on any atom is 0.250 e. The van der Waals surface area contributed by atoms with Gasteiger partial charge in [0.25, 0.3) is 5.91 Å². The number of piperidine rings is 1. The van der Waals surface area contributed by atoms with Crippen LogP contribution in [0.1, 0.15) is 25.3 Å². The van der Waals surface area contributed by atoms with Crippen LogP contribution in [0.25, 0.3) is 0 Å². The molecule has 2 aliphatic heterocycles. The van der Waals surface area contributed by atoms with Crippen molar-refractivity contribution in [3.63, 3.8) is 0 Å². The highest BCUT2D eigenvalue weighted by Crippen LogP contribution is 2.39. The molecule has 0 bridgehead atoms. The van der Waals surface area contributed by atoms with Crippen molar-refractivity contribution in [3.8, 4) is 0 Å². The van der Waals surface area contributed by atoms with Crippen LogP contribution in [-0.2, 0) is 16.0 Å². The lowest BCUT2D eigenvalue weighted by molar-refractivity contribution is -0.193. The highest BCUT2D eigenvalue weighted by molar-refractivity contribution is 6.67. The minimum Gasteiger partial charge on any atom is -0.360 e. The number of amides is 1. The third-order valence-corrected chi connectivity index (χ3v) is 6.37. The second kappa shape index (κ2) is 8.61. The van der Waals surface area contributed by atoms with Gasteiger partial charge in [0.2, 0.25) is 0 Å². The highest BCUT2D eigenvalue weighted by Gasteiger charge is 2.51. The summed E-state index contributed by atoms with van der Waals surface area (Å²) in [7, 11) is 41.8. The number of ether oxygens (including phenoxy) is 1. The Morgan fingerprint density at radius 3 is 2.25 bits per heavy atom. The Bertz CT molecular complexity index is 874. The number of hydrogen-bond acceptors (Lipinski definition) is 3. The van der Waals surface area contributed by atoms with Gasteiger partial charge in [0.1, 0.15) is 17.7 Å². The van der Waals surface area contributed by atoms with Gasteiger partial charge >= 0.3 is 0 Å². The Morgan fingerprint density at radius 1 is 1.09 bits per heavy atom. The number of carbonyl (C=O) groups is 1. The van der Waals surface area contributed by atoms with Crippen LogP contribution in [0.4, 0.5) is 8.78 Å². The molecule has 0 saturated carbocycles. The van der Waals surface area contributed by atoms with Crippen LogP contribution in [0.3, 0.4) is 0 Å². The molecule has 152 valence electrons. The first-order valence-electron chi connectivity index (χ1n) is 10.3. The van der Waals surface area contributed by atoms with Crippen LogP contribution in [-0.4, -0.2) is 113 Å². The van der Waals surface area contributed by atoms with Crippen molar-refractivity contribution in [3.05, 3.63) is 35.4 Å². The Kier molecular flexibility index (Phi) is 6.87. The van der Waals surface area contributed by atoms with Crippen LogP contribution in [0.15, 0.2) is 18.2 Å². The maximum absolute atomic E-state index is 14.1. The number of benzene rings is 1. The maximum atomic E-state index is 14.1. The number of likely N-dealkylation sites (tertiary alicyclic amines) is 1. The van der Waals surface area contributed by atoms with E-state index in [-0.39, 0.29) is 18.5 Å². The van der Waals surface area contributed by atoms with E-state index >= 15 is 0 Å². The van der Waals surface area contributed by atoms with E-state index in [0.717, 1.165) is 23.1 Å². The fraction of sp³-hybridized carbons (Fsp3) is 0.632. The summed E-state index contributed by atoms with van der Waals surface area (Å²) in [5, 5.41) is -5.51. The van der Waals surface area contributed by atoms with Gasteiger partial charge in [-0.15, -0.1) is 5.11 Å². The van der Waals surface area contributed by atoms with E-state index in [2.05, 4.69) is 0 Å². The Labute approximate surface area is 197 Å². The average Bonchev–Trinajstić information content (AvgIpc) is 2.67. The van der Waals surface area contributed by atoms with Gasteiger partial charge in [0, 0.05) is 6.54 Å². The van der Waals surface area contributed by atoms with E-state index in [1.807, 2.05) is 0 Å². The Balaban J connectivity index is 1.74. The van der Waals surface area contributed by atoms with Crippen LogP contribution >= 0.6 is 0 Å². The summed E-state index contributed by atoms with van der Waals surface area (Å²) >= 11 is 0. The molecule has 0 N–H and O–H groups in total. The van der Waals surface area contributed by atoms with Crippen molar-refractivity contribution in [2.24, 2.45) is 0 Å². The first-order valence-corrected chi connectivity index (χ1v) is 10.3. The third-order valence-electron chi connectivity index (χ3n) is 6.37. The molecular formula is C19H19B7F2N2O2. The second-order valence-electron chi connectivity index (χ2n) is 9.02. The molecular weight excluding hydrogens is 402 g/mol. The van der Waals surface area contributed by atoms with Gasteiger partial charge < -0.3 is 14.5 Å². The van der Waals surface area contributed by atoms with Gasteiger partial charge in [0.15, 0.2) is 0 Å². The van der Waals surface area contributed by atoms with E-state index in [9.17, 15) is 13.6 Å². The Morgan fingerprint density at radius 2 is 1.69 bits per heavy atom. The molecule has 0 aromatic heterocycles. The number of morpholine rings is 1. The van der Waals surface area contributed by atoms with Crippen LogP contribution in [0.2, 0.25) is 5.11 Å². The van der Waals surface area contributed by atoms with Gasteiger partial charge in [-0.2, -0.15) is 0 Å². The summed E-state index contributed by atoms with van der Waals surface area (Å²) in [5.41, 5.74) is -0.727. The first-order chi connectivity index (χ1) is 14.6. The molecule has 2 fully saturated rings. The molecule has 2 heterocycles. The summed E-state index contributed by atoms with van der Waals surface area (Å²) in [6.45, 7) is 2.32. The standard InChI is InChI=1S/C19H19B7F2N2O2/c1-11-15(31)30(19(25,26)18(22,23)24)10-16(32-11)4-6-29(7-5-16)17(20,21)9-12-8-13(27)2-3-14(12)28/h2-3,8,11H,4-7,9-10H2,1H3/t11-/m1/s1. The molecule has 3 rings (SSSR count). The quantitative estimate of drug-likeness (QED) is 0.582. The molecule has 14 radical (unpaired) electrons. The number of nitrogens with zero attached hydrogens (tertiary/aromatic N) is 2. The summed E-state index contributed by atoms with van der Waals surface area (Å²) in [6.07, 6.45) is -0.140. The lowest BCUT2D eigenvalue weighted by Crippen LogP contribution is -2.71. The summed E-state index contributed by atoms with van der Waals surface area (Å²) in [4.78, 5) is 15.6. The first kappa shape index (κ1) is 25.5. The Hall–Kier alpha value is -1.08. The van der Waals surface area contributed by atoms with Crippen LogP contribution < -0.4 is 0 Å². The smallest absolute Gasteiger partial charge is 0.250 e. The lowest BCUT2D eigenvalue weighted by atomic mass is 9.26. The monoisotopic (exact) mass is 422 g/mol. The predicted molar refractivity (Wildman–Crippen MR) is 124 cm³/mol. The van der Waals surface area contributed by atoms with E-state index in [0.29, 0.717) is 25.9 Å². The van der Waals surface area contributed by atoms with Crippen molar-refractivity contribution >= 4 is 60.8 Å². The molecule has 1 aromatic rings. The number of rotatable bonds is 5. The van der Waals surface area contributed by atoms with Gasteiger partial charge in [-0.25, -0.2) is 8.78 Å². The molecule has 0 unspecified atom stereocenters. The molecule has 32 heavy (non-hydrogen) atoms. The zero-order valence-corrected chi connectivity index (χ0v) is 18.1. The fourth-order valence-electron chi connectivity index (χ4n) is 4.30. The van der Waals surface area contributed by atoms with Crippen molar-refractivity contribution in [1.29, 1.82) is 0 Å². The second-order valence-corrected chi connectivity index (χ2v) is 9.02. The van der Waals surface area contributed by atoms with Crippen LogP contribution in [0.5, 0.6) is 0 Å². The summed E-state index contributed by atoms with van der Waals surface area (Å²) in [6, 6.07) is 3.14. The molecule has 2 saturated heterocycles. The molecule has 4 nitrogen and oxygen atoms in total. The van der Waals surface area contributed by atoms with Gasteiger partial charge in [0.05, 0.1) is 60.5 Å². The van der Waals surface area contributed by atoms with Gasteiger partial charge in [-0.1, -0.05) is 0 Å². The lowest BCUT2D eigenvalue weighted by Gasteiger charge is -2.59. The average molecular weight is 421 g/mol. The van der Waals surface area contributed by atoms with E-state index in [4.69, 9.17) is 59.7 Å². The van der Waals surface area contributed by atoms with Gasteiger partial charge in [-0.05, 0) is 73.7 Å². The molecule has 1 spiro atoms. The van der Waals surface area contributed by atoms with Crippen molar-refractivity contribution in [2.75, 3.05) is 19.6 Å². The summed E-state index contributed by atoms with van der Waals surface area (Å²) in [5.74, 6) is -1.65. The van der Waals surface area contributed by atoms with Crippen LogP contribution in [0, 0.1) is 11.6 Å². The van der Waals surface area contributed by atoms with Crippen molar-refractivity contribution in [2.45, 2.75) is 53.7 Å². The molecule has 1 amide bonds. The number of carbonyl (C=O) groups excluding carboxylic acids is 1. The van der Waals surface area contributed by atoms with Gasteiger partial charge in [-0.3, -0.25) is 4.79 Å². The largest absolute Gasteiger partial charge is 0.360 e. The minimum absolute atomic E-state index is 0.0189. The molecule has 1 aromatic carbocycles. The normalized spacial score (nSPS) is 22.9. The highest BCUT2D eigenvalue weighted by atomic mass is 19.1. The zero-order chi connectivity index (χ0) is 24.1.